The summed E-state index contributed by atoms with van der Waals surface area (Å²) in [6, 6.07) is 5.08. The van der Waals surface area contributed by atoms with E-state index in [2.05, 4.69) is 10.2 Å². The van der Waals surface area contributed by atoms with Crippen LogP contribution >= 0.6 is 0 Å². The molecule has 0 saturated heterocycles. The molecule has 0 aliphatic rings. The van der Waals surface area contributed by atoms with Crippen molar-refractivity contribution in [2.24, 2.45) is 10.2 Å². The van der Waals surface area contributed by atoms with Crippen molar-refractivity contribution < 1.29 is 69.6 Å². The maximum atomic E-state index is 13.7. The second-order valence-corrected chi connectivity index (χ2v) is 6.81. The van der Waals surface area contributed by atoms with Crippen molar-refractivity contribution in [3.63, 3.8) is 0 Å². The van der Waals surface area contributed by atoms with Crippen LogP contribution in [0, 0.1) is 29.1 Å². The number of halogens is 5. The minimum Gasteiger partial charge on any atom is -0.871 e. The van der Waals surface area contributed by atoms with Gasteiger partial charge in [-0.05, 0) is 17.5 Å². The second kappa shape index (κ2) is 8.32. The zero-order valence-corrected chi connectivity index (χ0v) is 17.1. The Kier molecular flexibility index (Phi) is 6.65. The Morgan fingerprint density at radius 1 is 0.793 bits per heavy atom. The summed E-state index contributed by atoms with van der Waals surface area (Å²) >= 11 is 0. The van der Waals surface area contributed by atoms with Gasteiger partial charge in [0.25, 0.3) is 10.1 Å². The van der Waals surface area contributed by atoms with E-state index in [9.17, 15) is 35.5 Å². The molecule has 0 spiro atoms. The minimum atomic E-state index is -4.55. The Morgan fingerprint density at radius 2 is 1.31 bits per heavy atom. The van der Waals surface area contributed by atoms with Gasteiger partial charge >= 0.3 is 29.6 Å². The van der Waals surface area contributed by atoms with E-state index >= 15 is 0 Å². The SMILES string of the molecule is O=S(=O)(O)c1ccc2c(N=Nc3c(F)c(F)c(F)c(F)c3F)c([O-])ccc2c1.[Na+]. The first kappa shape index (κ1) is 23.2. The van der Waals surface area contributed by atoms with E-state index < -0.39 is 61.2 Å². The number of hydrogen-bond donors (Lipinski definition) is 1. The molecule has 29 heavy (non-hydrogen) atoms. The summed E-state index contributed by atoms with van der Waals surface area (Å²) in [7, 11) is -4.55. The molecule has 6 nitrogen and oxygen atoms in total. The minimum absolute atomic E-state index is 0. The van der Waals surface area contributed by atoms with Crippen LogP contribution in [0.2, 0.25) is 0 Å². The summed E-state index contributed by atoms with van der Waals surface area (Å²) in [5, 5.41) is 18.3. The number of fused-ring (bicyclic) bond motifs is 1. The van der Waals surface area contributed by atoms with E-state index in [-0.39, 0.29) is 40.3 Å². The first-order valence-electron chi connectivity index (χ1n) is 7.16. The van der Waals surface area contributed by atoms with E-state index in [1.165, 1.54) is 6.07 Å². The third kappa shape index (κ3) is 4.26. The molecule has 0 fully saturated rings. The van der Waals surface area contributed by atoms with Crippen LogP contribution in [0.1, 0.15) is 0 Å². The molecule has 0 radical (unpaired) electrons. The monoisotopic (exact) mass is 440 g/mol. The van der Waals surface area contributed by atoms with Crippen molar-refractivity contribution in [3.8, 4) is 5.75 Å². The van der Waals surface area contributed by atoms with Crippen molar-refractivity contribution in [2.75, 3.05) is 0 Å². The molecule has 0 aromatic heterocycles. The van der Waals surface area contributed by atoms with Gasteiger partial charge < -0.3 is 5.11 Å². The number of rotatable bonds is 3. The van der Waals surface area contributed by atoms with Gasteiger partial charge in [0.05, 0.1) is 10.6 Å². The number of azo groups is 1. The molecule has 0 aliphatic heterocycles. The number of hydrogen-bond acceptors (Lipinski definition) is 5. The van der Waals surface area contributed by atoms with E-state index in [4.69, 9.17) is 4.55 Å². The van der Waals surface area contributed by atoms with Gasteiger partial charge in [-0.1, -0.05) is 23.9 Å². The molecule has 0 bridgehead atoms. The molecule has 0 amide bonds. The van der Waals surface area contributed by atoms with Crippen LogP contribution < -0.4 is 34.7 Å². The average Bonchev–Trinajstić information content (AvgIpc) is 2.65. The third-order valence-electron chi connectivity index (χ3n) is 3.66. The van der Waals surface area contributed by atoms with E-state index in [1.54, 1.807) is 0 Å². The smallest absolute Gasteiger partial charge is 0.871 e. The molecule has 0 atom stereocenters. The maximum Gasteiger partial charge on any atom is 1.00 e. The summed E-state index contributed by atoms with van der Waals surface area (Å²) in [4.78, 5) is -0.499. The summed E-state index contributed by atoms with van der Waals surface area (Å²) < 4.78 is 98.2. The molecule has 3 rings (SSSR count). The van der Waals surface area contributed by atoms with Crippen LogP contribution in [-0.2, 0) is 10.1 Å². The summed E-state index contributed by atoms with van der Waals surface area (Å²) in [6.07, 6.45) is 0. The van der Waals surface area contributed by atoms with Gasteiger partial charge in [0, 0.05) is 5.39 Å². The van der Waals surface area contributed by atoms with Gasteiger partial charge in [-0.25, -0.2) is 22.0 Å². The molecular weight excluding hydrogens is 434 g/mol. The average molecular weight is 440 g/mol. The van der Waals surface area contributed by atoms with Crippen molar-refractivity contribution >= 4 is 32.3 Å². The number of nitrogens with zero attached hydrogens (tertiary/aromatic N) is 2. The Bertz CT molecular complexity index is 1240. The fourth-order valence-electron chi connectivity index (χ4n) is 2.32. The van der Waals surface area contributed by atoms with Crippen molar-refractivity contribution in [1.82, 2.24) is 0 Å². The molecular formula is C16H6F5N2NaO4S. The molecule has 0 unspecified atom stereocenters. The van der Waals surface area contributed by atoms with Crippen LogP contribution in [0.15, 0.2) is 45.5 Å². The summed E-state index contributed by atoms with van der Waals surface area (Å²) in [5.41, 5.74) is -2.13. The first-order valence-corrected chi connectivity index (χ1v) is 8.61. The molecule has 146 valence electrons. The van der Waals surface area contributed by atoms with E-state index in [1.807, 2.05) is 0 Å². The second-order valence-electron chi connectivity index (χ2n) is 5.39. The van der Waals surface area contributed by atoms with Crippen LogP contribution in [0.25, 0.3) is 10.8 Å². The predicted octanol–water partition coefficient (Wildman–Crippen LogP) is 1.28. The quantitative estimate of drug-likeness (QED) is 0.166. The van der Waals surface area contributed by atoms with Crippen molar-refractivity contribution in [2.45, 2.75) is 4.90 Å². The zero-order valence-electron chi connectivity index (χ0n) is 14.3. The van der Waals surface area contributed by atoms with Crippen LogP contribution in [0.3, 0.4) is 0 Å². The molecule has 13 heteroatoms. The third-order valence-corrected chi connectivity index (χ3v) is 4.51. The van der Waals surface area contributed by atoms with E-state index in [0.29, 0.717) is 0 Å². The Hall–Kier alpha value is -2.12. The summed E-state index contributed by atoms with van der Waals surface area (Å²) in [5.74, 6) is -12.1. The van der Waals surface area contributed by atoms with Crippen molar-refractivity contribution in [3.05, 3.63) is 59.4 Å². The topological polar surface area (TPSA) is 102 Å². The Balaban J connectivity index is 0.00000300. The van der Waals surface area contributed by atoms with Gasteiger partial charge in [0.1, 0.15) is 0 Å². The van der Waals surface area contributed by atoms with Crippen molar-refractivity contribution in [1.29, 1.82) is 0 Å². The fraction of sp³-hybridized carbons (Fsp3) is 0. The van der Waals surface area contributed by atoms with Crippen LogP contribution in [0.4, 0.5) is 33.3 Å². The zero-order chi connectivity index (χ0) is 20.8. The molecule has 3 aromatic carbocycles. The molecule has 0 heterocycles. The molecule has 0 saturated carbocycles. The predicted molar refractivity (Wildman–Crippen MR) is 83.6 cm³/mol. The molecule has 3 aromatic rings. The summed E-state index contributed by atoms with van der Waals surface area (Å²) in [6.45, 7) is 0. The number of benzene rings is 3. The normalized spacial score (nSPS) is 11.8. The fourth-order valence-corrected chi connectivity index (χ4v) is 2.83. The maximum absolute atomic E-state index is 13.7. The van der Waals surface area contributed by atoms with E-state index in [0.717, 1.165) is 24.3 Å². The largest absolute Gasteiger partial charge is 1.00 e. The van der Waals surface area contributed by atoms with Crippen LogP contribution in [0.5, 0.6) is 5.75 Å². The van der Waals surface area contributed by atoms with Gasteiger partial charge in [-0.3, -0.25) is 4.55 Å². The van der Waals surface area contributed by atoms with Gasteiger partial charge in [-0.2, -0.15) is 13.5 Å². The first-order chi connectivity index (χ1) is 13.0. The Labute approximate surface area is 181 Å². The molecule has 1 N–H and O–H groups in total. The van der Waals surface area contributed by atoms with Crippen LogP contribution in [-0.4, -0.2) is 13.0 Å². The van der Waals surface area contributed by atoms with Gasteiger partial charge in [0.15, 0.2) is 29.0 Å². The van der Waals surface area contributed by atoms with Gasteiger partial charge in [-0.15, -0.1) is 5.11 Å². The standard InChI is InChI=1S/C16H7F5N2O4S.Na/c17-10-11(18)13(20)16(14(21)12(10)19)23-22-15-8-3-2-7(28(25,26)27)5-6(8)1-4-9(15)24;/h1-5,24H,(H,25,26,27);/q;+1/p-1. The van der Waals surface area contributed by atoms with Gasteiger partial charge in [0.2, 0.25) is 5.82 Å². The Morgan fingerprint density at radius 3 is 1.86 bits per heavy atom. The molecule has 0 aliphatic carbocycles.